The Balaban J connectivity index is 1.44. The van der Waals surface area contributed by atoms with Crippen molar-refractivity contribution in [1.29, 1.82) is 0 Å². The third-order valence-corrected chi connectivity index (χ3v) is 8.24. The van der Waals surface area contributed by atoms with Crippen molar-refractivity contribution in [2.45, 2.75) is 104 Å². The van der Waals surface area contributed by atoms with E-state index in [1.165, 1.54) is 0 Å². The normalized spacial score (nSPS) is 35.0. The van der Waals surface area contributed by atoms with Crippen molar-refractivity contribution in [1.82, 2.24) is 0 Å². The quantitative estimate of drug-likeness (QED) is 0.345. The number of hydrogen-bond donors (Lipinski definition) is 0. The molecule has 3 aliphatic carbocycles. The third-order valence-electron chi connectivity index (χ3n) is 8.24. The molecule has 1 heterocycles. The Bertz CT molecular complexity index is 820. The zero-order chi connectivity index (χ0) is 25.6. The number of rotatable bonds is 6. The van der Waals surface area contributed by atoms with Gasteiger partial charge in [-0.15, -0.1) is 0 Å². The fraction of sp³-hybridized carbons (Fsp3) is 0.889. The number of carbonyl (C=O) groups excluding carboxylic acids is 3. The van der Waals surface area contributed by atoms with Crippen molar-refractivity contribution < 1.29 is 38.1 Å². The first-order valence-electron chi connectivity index (χ1n) is 13.1. The van der Waals surface area contributed by atoms with E-state index in [9.17, 15) is 14.4 Å². The molecule has 4 fully saturated rings. The van der Waals surface area contributed by atoms with Crippen LogP contribution in [0.5, 0.6) is 0 Å². The molecule has 0 amide bonds. The zero-order valence-corrected chi connectivity index (χ0v) is 22.1. The number of esters is 1. The van der Waals surface area contributed by atoms with Crippen molar-refractivity contribution >= 4 is 18.3 Å². The highest BCUT2D eigenvalue weighted by molar-refractivity contribution is 5.74. The number of ether oxygens (including phenoxy) is 5. The Hall–Kier alpha value is -1.99. The van der Waals surface area contributed by atoms with Crippen molar-refractivity contribution in [3.05, 3.63) is 0 Å². The lowest BCUT2D eigenvalue weighted by molar-refractivity contribution is -0.204. The van der Waals surface area contributed by atoms with E-state index >= 15 is 0 Å². The summed E-state index contributed by atoms with van der Waals surface area (Å²) < 4.78 is 27.1. The molecule has 0 aromatic carbocycles. The van der Waals surface area contributed by atoms with Crippen LogP contribution in [0.1, 0.15) is 86.5 Å². The van der Waals surface area contributed by atoms with Gasteiger partial charge in [-0.3, -0.25) is 4.79 Å². The Kier molecular flexibility index (Phi) is 7.06. The highest BCUT2D eigenvalue weighted by Gasteiger charge is 2.57. The minimum atomic E-state index is -0.776. The molecular formula is C27H42O8. The topological polar surface area (TPSA) is 97.4 Å². The van der Waals surface area contributed by atoms with Gasteiger partial charge in [-0.05, 0) is 67.1 Å². The van der Waals surface area contributed by atoms with Crippen LogP contribution in [0, 0.1) is 34.5 Å². The summed E-state index contributed by atoms with van der Waals surface area (Å²) in [6.07, 6.45) is 3.62. The first-order valence-corrected chi connectivity index (χ1v) is 13.1. The van der Waals surface area contributed by atoms with Crippen LogP contribution in [-0.4, -0.2) is 49.3 Å². The van der Waals surface area contributed by atoms with Gasteiger partial charge in [0.2, 0.25) is 0 Å². The molecule has 8 nitrogen and oxygen atoms in total. The molecule has 4 aliphatic rings. The Morgan fingerprint density at radius 2 is 1.83 bits per heavy atom. The first kappa shape index (κ1) is 26.1. The summed E-state index contributed by atoms with van der Waals surface area (Å²) in [6.45, 7) is 12.7. The highest BCUT2D eigenvalue weighted by atomic mass is 16.8. The molecule has 1 aliphatic heterocycles. The summed E-state index contributed by atoms with van der Waals surface area (Å²) >= 11 is 0. The van der Waals surface area contributed by atoms with Gasteiger partial charge in [-0.2, -0.15) is 0 Å². The highest BCUT2D eigenvalue weighted by Crippen LogP contribution is 2.57. The van der Waals surface area contributed by atoms with Crippen LogP contribution in [0.15, 0.2) is 0 Å². The van der Waals surface area contributed by atoms with Crippen molar-refractivity contribution in [2.24, 2.45) is 34.5 Å². The van der Waals surface area contributed by atoms with Crippen LogP contribution in [0.4, 0.5) is 9.59 Å². The zero-order valence-electron chi connectivity index (χ0n) is 22.1. The molecule has 0 N–H and O–H groups in total. The second kappa shape index (κ2) is 9.47. The van der Waals surface area contributed by atoms with Crippen molar-refractivity contribution in [2.75, 3.05) is 13.2 Å². The van der Waals surface area contributed by atoms with E-state index in [1.807, 2.05) is 0 Å². The van der Waals surface area contributed by atoms with Gasteiger partial charge in [0.15, 0.2) is 6.10 Å². The van der Waals surface area contributed by atoms with E-state index in [1.54, 1.807) is 0 Å². The van der Waals surface area contributed by atoms with Gasteiger partial charge < -0.3 is 23.7 Å². The van der Waals surface area contributed by atoms with Crippen molar-refractivity contribution in [3.8, 4) is 0 Å². The lowest BCUT2D eigenvalue weighted by Crippen LogP contribution is -2.57. The molecule has 198 valence electrons. The molecule has 0 radical (unpaired) electrons. The number of carbonyl (C=O) groups is 3. The maximum absolute atomic E-state index is 13.6. The van der Waals surface area contributed by atoms with Gasteiger partial charge in [0.1, 0.15) is 24.9 Å². The van der Waals surface area contributed by atoms with Gasteiger partial charge in [0, 0.05) is 6.42 Å². The molecule has 7 unspecified atom stereocenters. The molecule has 0 aromatic rings. The fourth-order valence-electron chi connectivity index (χ4n) is 6.73. The number of cyclic esters (lactones) is 2. The maximum atomic E-state index is 13.6. The molecule has 3 bridgehead atoms. The number of fused-ring (bicyclic) bond motifs is 2. The van der Waals surface area contributed by atoms with E-state index in [2.05, 4.69) is 41.5 Å². The monoisotopic (exact) mass is 494 g/mol. The summed E-state index contributed by atoms with van der Waals surface area (Å²) in [5.74, 6) is 0.846. The van der Waals surface area contributed by atoms with Crippen LogP contribution in [0.3, 0.4) is 0 Å². The van der Waals surface area contributed by atoms with Gasteiger partial charge in [-0.25, -0.2) is 9.59 Å². The lowest BCUT2D eigenvalue weighted by Gasteiger charge is -2.56. The maximum Gasteiger partial charge on any atom is 0.508 e. The molecule has 4 rings (SSSR count). The summed E-state index contributed by atoms with van der Waals surface area (Å²) in [4.78, 5) is 37.2. The average Bonchev–Trinajstić information content (AvgIpc) is 3.13. The van der Waals surface area contributed by atoms with Crippen LogP contribution in [0.2, 0.25) is 0 Å². The predicted molar refractivity (Wildman–Crippen MR) is 126 cm³/mol. The van der Waals surface area contributed by atoms with E-state index in [4.69, 9.17) is 23.7 Å². The first-order chi connectivity index (χ1) is 16.2. The fourth-order valence-corrected chi connectivity index (χ4v) is 6.73. The van der Waals surface area contributed by atoms with E-state index in [0.29, 0.717) is 18.3 Å². The standard InChI is InChI=1S/C27H42O8/c1-25(2,3)12-20(26(4,5)6)22(28)35-27-10-16-7-8-19(17(9-16)11-27)21(13-27)34-24(30)32-15-18-14-31-23(29)33-18/h16-21H,7-15H2,1-6H3. The lowest BCUT2D eigenvalue weighted by atomic mass is 9.54. The third kappa shape index (κ3) is 6.23. The van der Waals surface area contributed by atoms with Gasteiger partial charge >= 0.3 is 18.3 Å². The molecular weight excluding hydrogens is 452 g/mol. The minimum Gasteiger partial charge on any atom is -0.459 e. The largest absolute Gasteiger partial charge is 0.508 e. The average molecular weight is 495 g/mol. The summed E-state index contributed by atoms with van der Waals surface area (Å²) in [6, 6.07) is 0. The Morgan fingerprint density at radius 1 is 1.09 bits per heavy atom. The number of hydrogen-bond acceptors (Lipinski definition) is 8. The SMILES string of the molecule is CC(C)(C)CC(C(=O)OC12CC3CCC(C(C3)C1)C(OC(=O)OCC1COC(=O)O1)C2)C(C)(C)C. The second-order valence-corrected chi connectivity index (χ2v) is 13.5. The molecule has 8 heteroatoms. The van der Waals surface area contributed by atoms with Crippen LogP contribution in [0.25, 0.3) is 0 Å². The molecule has 1 saturated heterocycles. The van der Waals surface area contributed by atoms with Crippen LogP contribution < -0.4 is 0 Å². The molecule has 0 spiro atoms. The Labute approximate surface area is 208 Å². The van der Waals surface area contributed by atoms with Gasteiger partial charge in [0.05, 0.1) is 5.92 Å². The molecule has 3 saturated carbocycles. The van der Waals surface area contributed by atoms with Crippen LogP contribution >= 0.6 is 0 Å². The van der Waals surface area contributed by atoms with E-state index in [0.717, 1.165) is 38.5 Å². The second-order valence-electron chi connectivity index (χ2n) is 13.5. The molecule has 7 atom stereocenters. The van der Waals surface area contributed by atoms with Crippen molar-refractivity contribution in [3.63, 3.8) is 0 Å². The summed E-state index contributed by atoms with van der Waals surface area (Å²) in [7, 11) is 0. The Morgan fingerprint density at radius 3 is 2.46 bits per heavy atom. The van der Waals surface area contributed by atoms with Gasteiger partial charge in [-0.1, -0.05) is 41.5 Å². The smallest absolute Gasteiger partial charge is 0.459 e. The van der Waals surface area contributed by atoms with E-state index in [-0.39, 0.29) is 48.0 Å². The molecule has 0 aromatic heterocycles. The summed E-state index contributed by atoms with van der Waals surface area (Å²) in [5.41, 5.74) is -0.804. The van der Waals surface area contributed by atoms with Gasteiger partial charge in [0.25, 0.3) is 0 Å². The minimum absolute atomic E-state index is 0.00343. The predicted octanol–water partition coefficient (Wildman–Crippen LogP) is 5.65. The van der Waals surface area contributed by atoms with Crippen LogP contribution in [-0.2, 0) is 28.5 Å². The summed E-state index contributed by atoms with van der Waals surface area (Å²) in [5, 5.41) is 0. The van der Waals surface area contributed by atoms with E-state index < -0.39 is 24.0 Å². The molecule has 35 heavy (non-hydrogen) atoms.